The summed E-state index contributed by atoms with van der Waals surface area (Å²) >= 11 is 2.00. The number of rotatable bonds is 3. The number of nitrogens with one attached hydrogen (secondary N) is 1. The number of thiophene rings is 1. The lowest BCUT2D eigenvalue weighted by Gasteiger charge is -2.15. The summed E-state index contributed by atoms with van der Waals surface area (Å²) in [5, 5.41) is 2.98. The number of hydrogen-bond acceptors (Lipinski definition) is 3. The van der Waals surface area contributed by atoms with Crippen molar-refractivity contribution in [2.24, 2.45) is 11.8 Å². The highest BCUT2D eigenvalue weighted by molar-refractivity contribution is 7.12. The van der Waals surface area contributed by atoms with Gasteiger partial charge in [-0.3, -0.25) is 9.69 Å². The van der Waals surface area contributed by atoms with Crippen LogP contribution in [-0.2, 0) is 11.3 Å². The van der Waals surface area contributed by atoms with E-state index in [0.29, 0.717) is 5.92 Å². The minimum Gasteiger partial charge on any atom is -0.355 e. The number of amides is 1. The van der Waals surface area contributed by atoms with Gasteiger partial charge in [0, 0.05) is 41.9 Å². The van der Waals surface area contributed by atoms with Crippen LogP contribution >= 0.6 is 11.3 Å². The Kier molecular flexibility index (Phi) is 3.31. The molecule has 20 heavy (non-hydrogen) atoms. The zero-order chi connectivity index (χ0) is 13.5. The molecule has 3 heterocycles. The Morgan fingerprint density at radius 2 is 2.10 bits per heavy atom. The van der Waals surface area contributed by atoms with Gasteiger partial charge >= 0.3 is 0 Å². The van der Waals surface area contributed by atoms with E-state index in [1.54, 1.807) is 4.88 Å². The molecule has 0 bridgehead atoms. The fourth-order valence-electron chi connectivity index (χ4n) is 4.09. The molecule has 4 heteroatoms. The lowest BCUT2D eigenvalue weighted by Crippen LogP contribution is -2.28. The van der Waals surface area contributed by atoms with Crippen LogP contribution in [0.25, 0.3) is 0 Å². The van der Waals surface area contributed by atoms with Gasteiger partial charge in [-0.15, -0.1) is 11.3 Å². The van der Waals surface area contributed by atoms with Crippen molar-refractivity contribution in [2.75, 3.05) is 19.6 Å². The van der Waals surface area contributed by atoms with E-state index < -0.39 is 0 Å². The molecule has 4 rings (SSSR count). The molecule has 1 aromatic heterocycles. The third-order valence-electron chi connectivity index (χ3n) is 5.21. The number of fused-ring (bicyclic) bond motifs is 1. The van der Waals surface area contributed by atoms with Crippen LogP contribution in [0.1, 0.15) is 41.4 Å². The molecule has 2 aliphatic heterocycles. The van der Waals surface area contributed by atoms with Gasteiger partial charge in [-0.1, -0.05) is 12.8 Å². The van der Waals surface area contributed by atoms with E-state index in [2.05, 4.69) is 22.3 Å². The van der Waals surface area contributed by atoms with Crippen LogP contribution in [0.3, 0.4) is 0 Å². The monoisotopic (exact) mass is 290 g/mol. The molecule has 1 aromatic rings. The molecule has 3 fully saturated rings. The third kappa shape index (κ3) is 2.29. The lowest BCUT2D eigenvalue weighted by atomic mass is 10.0. The predicted octanol–water partition coefficient (Wildman–Crippen LogP) is 2.58. The first-order valence-electron chi connectivity index (χ1n) is 7.88. The van der Waals surface area contributed by atoms with E-state index in [-0.39, 0.29) is 11.8 Å². The molecule has 0 spiro atoms. The Morgan fingerprint density at radius 1 is 1.25 bits per heavy atom. The van der Waals surface area contributed by atoms with E-state index in [4.69, 9.17) is 0 Å². The van der Waals surface area contributed by atoms with Crippen LogP contribution in [-0.4, -0.2) is 30.4 Å². The van der Waals surface area contributed by atoms with Crippen LogP contribution in [0.5, 0.6) is 0 Å². The molecule has 108 valence electrons. The second kappa shape index (κ2) is 5.15. The number of hydrogen-bond donors (Lipinski definition) is 1. The standard InChI is InChI=1S/C16H22N2OS/c19-16-14-10-18(8-12(14)7-17-16)9-13-5-6-15(20-13)11-3-1-2-4-11/h5-6,11-12,14H,1-4,7-10H2,(H,17,19)/t12-,14+/m0/s1. The maximum atomic E-state index is 11.7. The fraction of sp³-hybridized carbons (Fsp3) is 0.688. The zero-order valence-corrected chi connectivity index (χ0v) is 12.6. The quantitative estimate of drug-likeness (QED) is 0.928. The molecular formula is C16H22N2OS. The first-order valence-corrected chi connectivity index (χ1v) is 8.70. The average molecular weight is 290 g/mol. The number of carbonyl (C=O) groups is 1. The summed E-state index contributed by atoms with van der Waals surface area (Å²) < 4.78 is 0. The number of carbonyl (C=O) groups excluding carboxylic acids is 1. The maximum absolute atomic E-state index is 11.7. The zero-order valence-electron chi connectivity index (χ0n) is 11.8. The number of nitrogens with zero attached hydrogens (tertiary/aromatic N) is 1. The summed E-state index contributed by atoms with van der Waals surface area (Å²) in [6.45, 7) is 3.96. The van der Waals surface area contributed by atoms with Crippen molar-refractivity contribution < 1.29 is 4.79 Å². The first kappa shape index (κ1) is 12.8. The maximum Gasteiger partial charge on any atom is 0.224 e. The average Bonchev–Trinajstić information content (AvgIpc) is 3.17. The first-order chi connectivity index (χ1) is 9.79. The van der Waals surface area contributed by atoms with Crippen molar-refractivity contribution in [2.45, 2.75) is 38.1 Å². The van der Waals surface area contributed by atoms with Crippen LogP contribution in [0.2, 0.25) is 0 Å². The largest absolute Gasteiger partial charge is 0.355 e. The molecule has 1 saturated carbocycles. The Hall–Kier alpha value is -0.870. The van der Waals surface area contributed by atoms with E-state index in [9.17, 15) is 4.79 Å². The van der Waals surface area contributed by atoms with Crippen molar-refractivity contribution in [1.82, 2.24) is 10.2 Å². The van der Waals surface area contributed by atoms with Crippen LogP contribution in [0, 0.1) is 11.8 Å². The normalized spacial score (nSPS) is 30.9. The van der Waals surface area contributed by atoms with Crippen LogP contribution in [0.15, 0.2) is 12.1 Å². The van der Waals surface area contributed by atoms with Crippen LogP contribution in [0.4, 0.5) is 0 Å². The summed E-state index contributed by atoms with van der Waals surface area (Å²) in [5.41, 5.74) is 0. The summed E-state index contributed by atoms with van der Waals surface area (Å²) in [6.07, 6.45) is 5.58. The van der Waals surface area contributed by atoms with Gasteiger partial charge in [-0.25, -0.2) is 0 Å². The van der Waals surface area contributed by atoms with Gasteiger partial charge in [0.15, 0.2) is 0 Å². The van der Waals surface area contributed by atoms with Gasteiger partial charge in [0.2, 0.25) is 5.91 Å². The molecule has 2 saturated heterocycles. The van der Waals surface area contributed by atoms with Gasteiger partial charge in [-0.2, -0.15) is 0 Å². The van der Waals surface area contributed by atoms with Crippen molar-refractivity contribution in [1.29, 1.82) is 0 Å². The van der Waals surface area contributed by atoms with E-state index in [1.165, 1.54) is 30.6 Å². The van der Waals surface area contributed by atoms with Crippen LogP contribution < -0.4 is 5.32 Å². The predicted molar refractivity (Wildman–Crippen MR) is 80.8 cm³/mol. The lowest BCUT2D eigenvalue weighted by molar-refractivity contribution is -0.122. The van der Waals surface area contributed by atoms with Crippen molar-refractivity contribution in [3.8, 4) is 0 Å². The molecule has 3 aliphatic rings. The molecule has 1 N–H and O–H groups in total. The van der Waals surface area contributed by atoms with Crippen molar-refractivity contribution in [3.05, 3.63) is 21.9 Å². The van der Waals surface area contributed by atoms with Crippen molar-refractivity contribution >= 4 is 17.2 Å². The highest BCUT2D eigenvalue weighted by Crippen LogP contribution is 2.38. The second-order valence-electron chi connectivity index (χ2n) is 6.59. The Morgan fingerprint density at radius 3 is 2.90 bits per heavy atom. The molecule has 1 aliphatic carbocycles. The van der Waals surface area contributed by atoms with Gasteiger partial charge in [0.25, 0.3) is 0 Å². The molecule has 0 radical (unpaired) electrons. The summed E-state index contributed by atoms with van der Waals surface area (Å²) in [4.78, 5) is 17.2. The highest BCUT2D eigenvalue weighted by Gasteiger charge is 2.41. The molecule has 2 atom stereocenters. The van der Waals surface area contributed by atoms with Gasteiger partial charge in [0.1, 0.15) is 0 Å². The fourth-order valence-corrected chi connectivity index (χ4v) is 5.31. The topological polar surface area (TPSA) is 32.3 Å². The third-order valence-corrected chi connectivity index (χ3v) is 6.44. The molecule has 1 amide bonds. The van der Waals surface area contributed by atoms with E-state index >= 15 is 0 Å². The molecule has 0 aromatic carbocycles. The van der Waals surface area contributed by atoms with Gasteiger partial charge < -0.3 is 5.32 Å². The summed E-state index contributed by atoms with van der Waals surface area (Å²) in [7, 11) is 0. The highest BCUT2D eigenvalue weighted by atomic mass is 32.1. The summed E-state index contributed by atoms with van der Waals surface area (Å²) in [6, 6.07) is 4.66. The Bertz CT molecular complexity index is 506. The minimum absolute atomic E-state index is 0.254. The van der Waals surface area contributed by atoms with E-state index in [1.807, 2.05) is 11.3 Å². The molecular weight excluding hydrogens is 268 g/mol. The second-order valence-corrected chi connectivity index (χ2v) is 7.79. The minimum atomic E-state index is 0.254. The Balaban J connectivity index is 1.39. The SMILES string of the molecule is O=C1NC[C@H]2CN(Cc3ccc(C4CCCC4)s3)C[C@@H]12. The van der Waals surface area contributed by atoms with Crippen molar-refractivity contribution in [3.63, 3.8) is 0 Å². The summed E-state index contributed by atoms with van der Waals surface area (Å²) in [5.74, 6) is 1.91. The molecule has 3 nitrogen and oxygen atoms in total. The van der Waals surface area contributed by atoms with Gasteiger partial charge in [0.05, 0.1) is 5.92 Å². The number of likely N-dealkylation sites (tertiary alicyclic amines) is 1. The molecule has 0 unspecified atom stereocenters. The van der Waals surface area contributed by atoms with E-state index in [0.717, 1.165) is 32.1 Å². The Labute approximate surface area is 124 Å². The smallest absolute Gasteiger partial charge is 0.224 e. The van der Waals surface area contributed by atoms with Gasteiger partial charge in [-0.05, 0) is 30.9 Å².